The Labute approximate surface area is 189 Å². The van der Waals surface area contributed by atoms with E-state index in [1.807, 2.05) is 40.9 Å². The summed E-state index contributed by atoms with van der Waals surface area (Å²) in [6.07, 6.45) is 5.00. The summed E-state index contributed by atoms with van der Waals surface area (Å²) in [5, 5.41) is 2.84. The third kappa shape index (κ3) is 6.00. The summed E-state index contributed by atoms with van der Waals surface area (Å²) >= 11 is 0. The summed E-state index contributed by atoms with van der Waals surface area (Å²) in [6, 6.07) is 4.91. The topological polar surface area (TPSA) is 88.9 Å². The fraction of sp³-hybridized carbons (Fsp3) is 0.522. The summed E-state index contributed by atoms with van der Waals surface area (Å²) in [6.45, 7) is 5.14. The molecule has 0 aliphatic carbocycles. The third-order valence-corrected chi connectivity index (χ3v) is 5.75. The highest BCUT2D eigenvalue weighted by Crippen LogP contribution is 2.28. The molecule has 1 unspecified atom stereocenters. The van der Waals surface area contributed by atoms with Crippen molar-refractivity contribution in [3.8, 4) is 11.5 Å². The van der Waals surface area contributed by atoms with Gasteiger partial charge in [-0.15, -0.1) is 0 Å². The van der Waals surface area contributed by atoms with Gasteiger partial charge in [0.1, 0.15) is 11.9 Å². The third-order valence-electron chi connectivity index (χ3n) is 5.75. The summed E-state index contributed by atoms with van der Waals surface area (Å²) in [5.74, 6) is 1.94. The van der Waals surface area contributed by atoms with Crippen LogP contribution in [0.3, 0.4) is 0 Å². The number of carbonyl (C=O) groups is 2. The number of hydrogen-bond acceptors (Lipinski definition) is 6. The van der Waals surface area contributed by atoms with Gasteiger partial charge in [0.15, 0.2) is 11.5 Å². The molecule has 0 radical (unpaired) electrons. The number of aromatic nitrogens is 2. The van der Waals surface area contributed by atoms with Gasteiger partial charge in [0, 0.05) is 59.0 Å². The number of aryl methyl sites for hydroxylation is 1. The van der Waals surface area contributed by atoms with Crippen LogP contribution in [-0.2, 0) is 29.6 Å². The van der Waals surface area contributed by atoms with Crippen molar-refractivity contribution in [3.63, 3.8) is 0 Å². The van der Waals surface area contributed by atoms with Gasteiger partial charge in [-0.2, -0.15) is 0 Å². The van der Waals surface area contributed by atoms with Gasteiger partial charge < -0.3 is 24.3 Å². The lowest BCUT2D eigenvalue weighted by Crippen LogP contribution is -2.50. The van der Waals surface area contributed by atoms with E-state index in [0.29, 0.717) is 31.0 Å². The molecule has 2 aromatic rings. The Morgan fingerprint density at radius 1 is 1.12 bits per heavy atom. The Hall–Kier alpha value is -3.07. The summed E-state index contributed by atoms with van der Waals surface area (Å²) < 4.78 is 12.7. The van der Waals surface area contributed by atoms with Gasteiger partial charge in [-0.25, -0.2) is 4.98 Å². The van der Waals surface area contributed by atoms with Crippen molar-refractivity contribution in [2.75, 3.05) is 40.4 Å². The fourth-order valence-corrected chi connectivity index (χ4v) is 4.01. The number of methoxy groups -OCH3 is 2. The maximum atomic E-state index is 13.4. The molecule has 3 rings (SSSR count). The van der Waals surface area contributed by atoms with Gasteiger partial charge in [0.05, 0.1) is 20.8 Å². The molecule has 1 N–H and O–H groups in total. The molecule has 1 fully saturated rings. The zero-order valence-electron chi connectivity index (χ0n) is 19.3. The number of imidazole rings is 1. The Morgan fingerprint density at radius 3 is 2.56 bits per heavy atom. The van der Waals surface area contributed by atoms with Crippen molar-refractivity contribution in [2.45, 2.75) is 32.4 Å². The number of hydrogen-bond donors (Lipinski definition) is 1. The molecule has 174 valence electrons. The Kier molecular flexibility index (Phi) is 8.10. The first-order valence-corrected chi connectivity index (χ1v) is 10.9. The van der Waals surface area contributed by atoms with Gasteiger partial charge in [-0.1, -0.05) is 6.07 Å². The van der Waals surface area contributed by atoms with Crippen LogP contribution in [0.4, 0.5) is 0 Å². The Balaban J connectivity index is 1.67. The largest absolute Gasteiger partial charge is 0.493 e. The number of nitrogens with one attached hydrogen (secondary N) is 1. The van der Waals surface area contributed by atoms with Crippen LogP contribution in [0.2, 0.25) is 0 Å². The summed E-state index contributed by atoms with van der Waals surface area (Å²) in [7, 11) is 5.14. The van der Waals surface area contributed by atoms with Crippen LogP contribution in [0.5, 0.6) is 11.5 Å². The highest BCUT2D eigenvalue weighted by Gasteiger charge is 2.27. The Bertz CT molecular complexity index is 929. The molecule has 0 spiro atoms. The van der Waals surface area contributed by atoms with E-state index in [2.05, 4.69) is 15.2 Å². The van der Waals surface area contributed by atoms with E-state index in [9.17, 15) is 9.59 Å². The molecule has 9 heteroatoms. The van der Waals surface area contributed by atoms with Crippen molar-refractivity contribution in [1.82, 2.24) is 24.7 Å². The molecule has 0 saturated carbocycles. The molecule has 1 aliphatic heterocycles. The lowest BCUT2D eigenvalue weighted by atomic mass is 10.0. The number of rotatable bonds is 8. The zero-order valence-corrected chi connectivity index (χ0v) is 19.3. The lowest BCUT2D eigenvalue weighted by molar-refractivity contribution is -0.136. The van der Waals surface area contributed by atoms with Crippen molar-refractivity contribution in [1.29, 1.82) is 0 Å². The standard InChI is InChI=1S/C23H33N5O4/c1-17(29)25-19(14-18-6-7-20(31-3)21(15-18)32-4)23(30)28-10-5-9-27(12-13-28)16-22-24-8-11-26(22)2/h6-8,11,15,19H,5,9-10,12-14,16H2,1-4H3,(H,25,29). The minimum atomic E-state index is -0.633. The van der Waals surface area contributed by atoms with Gasteiger partial charge in [0.25, 0.3) is 0 Å². The highest BCUT2D eigenvalue weighted by molar-refractivity contribution is 5.87. The fourth-order valence-electron chi connectivity index (χ4n) is 4.01. The van der Waals surface area contributed by atoms with Gasteiger partial charge in [0.2, 0.25) is 11.8 Å². The van der Waals surface area contributed by atoms with Crippen LogP contribution in [-0.4, -0.2) is 77.6 Å². The molecule has 1 atom stereocenters. The van der Waals surface area contributed by atoms with Crippen LogP contribution in [0.25, 0.3) is 0 Å². The van der Waals surface area contributed by atoms with Gasteiger partial charge in [-0.05, 0) is 24.1 Å². The van der Waals surface area contributed by atoms with E-state index < -0.39 is 6.04 Å². The van der Waals surface area contributed by atoms with E-state index in [4.69, 9.17) is 9.47 Å². The van der Waals surface area contributed by atoms with E-state index >= 15 is 0 Å². The number of ether oxygens (including phenoxy) is 2. The van der Waals surface area contributed by atoms with Crippen LogP contribution < -0.4 is 14.8 Å². The second-order valence-electron chi connectivity index (χ2n) is 8.06. The first-order valence-electron chi connectivity index (χ1n) is 10.9. The second kappa shape index (κ2) is 11.0. The number of carbonyl (C=O) groups excluding carboxylic acids is 2. The van der Waals surface area contributed by atoms with Crippen LogP contribution in [0.15, 0.2) is 30.6 Å². The average Bonchev–Trinajstić information content (AvgIpc) is 3.03. The molecule has 9 nitrogen and oxygen atoms in total. The molecular formula is C23H33N5O4. The van der Waals surface area contributed by atoms with Crippen LogP contribution in [0.1, 0.15) is 24.7 Å². The number of benzene rings is 1. The Morgan fingerprint density at radius 2 is 1.91 bits per heavy atom. The highest BCUT2D eigenvalue weighted by atomic mass is 16.5. The maximum absolute atomic E-state index is 13.4. The first kappa shape index (κ1) is 23.6. The molecule has 1 aromatic carbocycles. The molecule has 2 heterocycles. The minimum absolute atomic E-state index is 0.0613. The summed E-state index contributed by atoms with van der Waals surface area (Å²) in [5.41, 5.74) is 0.890. The van der Waals surface area contributed by atoms with Gasteiger partial charge in [-0.3, -0.25) is 14.5 Å². The van der Waals surface area contributed by atoms with Crippen molar-refractivity contribution in [2.24, 2.45) is 7.05 Å². The molecule has 32 heavy (non-hydrogen) atoms. The zero-order chi connectivity index (χ0) is 23.1. The van der Waals surface area contributed by atoms with E-state index in [0.717, 1.165) is 37.4 Å². The molecule has 1 aromatic heterocycles. The van der Waals surface area contributed by atoms with Crippen LogP contribution >= 0.6 is 0 Å². The number of nitrogens with zero attached hydrogens (tertiary/aromatic N) is 4. The number of amides is 2. The average molecular weight is 444 g/mol. The first-order chi connectivity index (χ1) is 15.4. The predicted octanol–water partition coefficient (Wildman–Crippen LogP) is 1.22. The van der Waals surface area contributed by atoms with Crippen LogP contribution in [0, 0.1) is 0 Å². The van der Waals surface area contributed by atoms with Crippen molar-refractivity contribution < 1.29 is 19.1 Å². The molecule has 2 amide bonds. The van der Waals surface area contributed by atoms with Crippen molar-refractivity contribution in [3.05, 3.63) is 42.0 Å². The quantitative estimate of drug-likeness (QED) is 0.660. The predicted molar refractivity (Wildman–Crippen MR) is 121 cm³/mol. The normalized spacial score (nSPS) is 15.7. The van der Waals surface area contributed by atoms with E-state index in [1.165, 1.54) is 6.92 Å². The molecule has 0 bridgehead atoms. The van der Waals surface area contributed by atoms with Crippen molar-refractivity contribution >= 4 is 11.8 Å². The molecule has 1 saturated heterocycles. The van der Waals surface area contributed by atoms with E-state index in [-0.39, 0.29) is 11.8 Å². The smallest absolute Gasteiger partial charge is 0.245 e. The molecular weight excluding hydrogens is 410 g/mol. The second-order valence-corrected chi connectivity index (χ2v) is 8.06. The van der Waals surface area contributed by atoms with E-state index in [1.54, 1.807) is 20.4 Å². The summed E-state index contributed by atoms with van der Waals surface area (Å²) in [4.78, 5) is 33.8. The molecule has 1 aliphatic rings. The SMILES string of the molecule is COc1ccc(CC(NC(C)=O)C(=O)N2CCCN(Cc3nccn3C)CC2)cc1OC. The van der Waals surface area contributed by atoms with Gasteiger partial charge >= 0.3 is 0 Å². The lowest BCUT2D eigenvalue weighted by Gasteiger charge is -2.27. The monoisotopic (exact) mass is 443 g/mol. The minimum Gasteiger partial charge on any atom is -0.493 e. The maximum Gasteiger partial charge on any atom is 0.245 e.